The number of nitrogens with zero attached hydrogens (tertiary/aromatic N) is 2. The minimum Gasteiger partial charge on any atom is -0.331 e. The number of hydrogen-bond donors (Lipinski definition) is 1. The number of H-pyrrole nitrogens is 1. The summed E-state index contributed by atoms with van der Waals surface area (Å²) in [6, 6.07) is 16.1. The van der Waals surface area contributed by atoms with Crippen LogP contribution in [0, 0.1) is 5.41 Å². The van der Waals surface area contributed by atoms with Crippen molar-refractivity contribution >= 4 is 16.7 Å². The van der Waals surface area contributed by atoms with Crippen molar-refractivity contribution < 1.29 is 4.79 Å². The van der Waals surface area contributed by atoms with Crippen LogP contribution in [-0.4, -0.2) is 27.0 Å². The number of benzene rings is 2. The number of amides is 1. The zero-order valence-electron chi connectivity index (χ0n) is 15.5. The van der Waals surface area contributed by atoms with E-state index in [2.05, 4.69) is 21.2 Å². The van der Waals surface area contributed by atoms with Crippen molar-refractivity contribution in [1.82, 2.24) is 15.1 Å². The van der Waals surface area contributed by atoms with Gasteiger partial charge in [0.05, 0.1) is 11.1 Å². The first-order valence-electron chi connectivity index (χ1n) is 10.00. The lowest BCUT2D eigenvalue weighted by Gasteiger charge is -2.59. The molecular formula is C23H21N3O2. The molecule has 3 aromatic rings. The van der Waals surface area contributed by atoms with Crippen LogP contribution in [0.15, 0.2) is 53.3 Å². The molecule has 2 heterocycles. The van der Waals surface area contributed by atoms with Crippen molar-refractivity contribution in [3.05, 3.63) is 75.7 Å². The molecule has 6 rings (SSSR count). The van der Waals surface area contributed by atoms with Gasteiger partial charge in [0, 0.05) is 29.5 Å². The highest BCUT2D eigenvalue weighted by molar-refractivity contribution is 5.98. The van der Waals surface area contributed by atoms with Gasteiger partial charge in [0.2, 0.25) is 0 Å². The van der Waals surface area contributed by atoms with Gasteiger partial charge in [0.1, 0.15) is 0 Å². The maximum absolute atomic E-state index is 12.7. The lowest BCUT2D eigenvalue weighted by molar-refractivity contribution is -0.0589. The SMILES string of the molecule is O=C1c2ccccc2CN1[C@H]1CC2(C[C@H](c3n[nH]c(=O)c4ccccc43)C2)C1. The molecule has 2 fully saturated rings. The summed E-state index contributed by atoms with van der Waals surface area (Å²) in [6.45, 7) is 0.755. The Morgan fingerprint density at radius 3 is 2.43 bits per heavy atom. The van der Waals surface area contributed by atoms with Gasteiger partial charge in [0.25, 0.3) is 11.5 Å². The highest BCUT2D eigenvalue weighted by Gasteiger charge is 2.56. The Balaban J connectivity index is 1.17. The first kappa shape index (κ1) is 16.0. The van der Waals surface area contributed by atoms with Crippen molar-refractivity contribution in [3.63, 3.8) is 0 Å². The molecule has 1 N–H and O–H groups in total. The molecule has 5 heteroatoms. The van der Waals surface area contributed by atoms with Crippen LogP contribution >= 0.6 is 0 Å². The Morgan fingerprint density at radius 1 is 0.929 bits per heavy atom. The molecule has 2 aromatic carbocycles. The number of aromatic amines is 1. The minimum absolute atomic E-state index is 0.121. The van der Waals surface area contributed by atoms with E-state index in [9.17, 15) is 9.59 Å². The largest absolute Gasteiger partial charge is 0.331 e. The summed E-state index contributed by atoms with van der Waals surface area (Å²) in [5.74, 6) is 0.591. The van der Waals surface area contributed by atoms with Crippen LogP contribution < -0.4 is 5.56 Å². The standard InChI is InChI=1S/C23H21N3O2/c27-21-19-8-4-3-7-18(19)20(24-25-21)15-9-23(10-15)11-16(12-23)26-13-14-5-1-2-6-17(14)22(26)28/h1-8,15-16H,9-13H2,(H,25,27)/t15-,16-,23?. The summed E-state index contributed by atoms with van der Waals surface area (Å²) in [6.07, 6.45) is 4.37. The molecule has 3 aliphatic rings. The molecular weight excluding hydrogens is 350 g/mol. The Morgan fingerprint density at radius 2 is 1.64 bits per heavy atom. The number of carbonyl (C=O) groups excluding carboxylic acids is 1. The summed E-state index contributed by atoms with van der Waals surface area (Å²) in [4.78, 5) is 26.8. The first-order chi connectivity index (χ1) is 13.6. The molecule has 1 amide bonds. The summed E-state index contributed by atoms with van der Waals surface area (Å²) in [7, 11) is 0. The lowest BCUT2D eigenvalue weighted by Crippen LogP contribution is -2.55. The summed E-state index contributed by atoms with van der Waals surface area (Å²) >= 11 is 0. The van der Waals surface area contributed by atoms with Crippen LogP contribution in [0.4, 0.5) is 0 Å². The maximum atomic E-state index is 12.7. The van der Waals surface area contributed by atoms with Crippen LogP contribution in [-0.2, 0) is 6.54 Å². The van der Waals surface area contributed by atoms with Crippen LogP contribution in [0.5, 0.6) is 0 Å². The first-order valence-corrected chi connectivity index (χ1v) is 10.00. The average molecular weight is 371 g/mol. The molecule has 0 radical (unpaired) electrons. The van der Waals surface area contributed by atoms with Crippen molar-refractivity contribution in [2.45, 2.75) is 44.2 Å². The fourth-order valence-corrected chi connectivity index (χ4v) is 5.69. The molecule has 2 aliphatic carbocycles. The van der Waals surface area contributed by atoms with E-state index >= 15 is 0 Å². The molecule has 0 saturated heterocycles. The van der Waals surface area contributed by atoms with E-state index in [4.69, 9.17) is 0 Å². The molecule has 1 spiro atoms. The van der Waals surface area contributed by atoms with Gasteiger partial charge in [-0.1, -0.05) is 36.4 Å². The van der Waals surface area contributed by atoms with Gasteiger partial charge in [-0.25, -0.2) is 5.10 Å². The molecule has 140 valence electrons. The highest BCUT2D eigenvalue weighted by atomic mass is 16.2. The van der Waals surface area contributed by atoms with Crippen molar-refractivity contribution in [2.75, 3.05) is 0 Å². The van der Waals surface area contributed by atoms with Crippen molar-refractivity contribution in [1.29, 1.82) is 0 Å². The van der Waals surface area contributed by atoms with Gasteiger partial charge in [-0.05, 0) is 48.8 Å². The normalized spacial score (nSPS) is 28.3. The van der Waals surface area contributed by atoms with Gasteiger partial charge in [-0.3, -0.25) is 9.59 Å². The fourth-order valence-electron chi connectivity index (χ4n) is 5.69. The Hall–Kier alpha value is -2.95. The zero-order valence-corrected chi connectivity index (χ0v) is 15.5. The molecule has 5 nitrogen and oxygen atoms in total. The number of fused-ring (bicyclic) bond motifs is 2. The Bertz CT molecular complexity index is 1170. The van der Waals surface area contributed by atoms with E-state index in [-0.39, 0.29) is 11.5 Å². The summed E-state index contributed by atoms with van der Waals surface area (Å²) in [5.41, 5.74) is 3.28. The van der Waals surface area contributed by atoms with Crippen LogP contribution in [0.25, 0.3) is 10.8 Å². The van der Waals surface area contributed by atoms with E-state index in [1.165, 1.54) is 0 Å². The van der Waals surface area contributed by atoms with Crippen molar-refractivity contribution in [2.24, 2.45) is 5.41 Å². The van der Waals surface area contributed by atoms with Crippen LogP contribution in [0.3, 0.4) is 0 Å². The average Bonchev–Trinajstić information content (AvgIpc) is 2.98. The molecule has 1 aromatic heterocycles. The van der Waals surface area contributed by atoms with Gasteiger partial charge >= 0.3 is 0 Å². The third-order valence-corrected chi connectivity index (χ3v) is 7.10. The topological polar surface area (TPSA) is 66.1 Å². The minimum atomic E-state index is -0.121. The third kappa shape index (κ3) is 2.16. The van der Waals surface area contributed by atoms with Crippen molar-refractivity contribution in [3.8, 4) is 0 Å². The molecule has 2 saturated carbocycles. The Labute approximate surface area is 162 Å². The highest BCUT2D eigenvalue weighted by Crippen LogP contribution is 2.63. The number of nitrogens with one attached hydrogen (secondary N) is 1. The monoisotopic (exact) mass is 371 g/mol. The lowest BCUT2D eigenvalue weighted by atomic mass is 9.49. The number of carbonyl (C=O) groups is 1. The van der Waals surface area contributed by atoms with Gasteiger partial charge in [-0.15, -0.1) is 0 Å². The third-order valence-electron chi connectivity index (χ3n) is 7.10. The second-order valence-electron chi connectivity index (χ2n) is 8.74. The predicted molar refractivity (Wildman–Crippen MR) is 106 cm³/mol. The van der Waals surface area contributed by atoms with E-state index in [0.717, 1.165) is 59.8 Å². The van der Waals surface area contributed by atoms with E-state index in [1.54, 1.807) is 0 Å². The smallest absolute Gasteiger partial charge is 0.272 e. The molecule has 0 bridgehead atoms. The van der Waals surface area contributed by atoms with Gasteiger partial charge < -0.3 is 4.90 Å². The molecule has 1 aliphatic heterocycles. The van der Waals surface area contributed by atoms with E-state index in [1.807, 2.05) is 42.5 Å². The zero-order chi connectivity index (χ0) is 18.9. The number of hydrogen-bond acceptors (Lipinski definition) is 3. The fraction of sp³-hybridized carbons (Fsp3) is 0.348. The maximum Gasteiger partial charge on any atom is 0.272 e. The quantitative estimate of drug-likeness (QED) is 0.748. The molecule has 0 atom stereocenters. The predicted octanol–water partition coefficient (Wildman–Crippen LogP) is 3.61. The molecule has 28 heavy (non-hydrogen) atoms. The molecule has 0 unspecified atom stereocenters. The summed E-state index contributed by atoms with van der Waals surface area (Å²) in [5, 5.41) is 8.75. The number of rotatable bonds is 2. The van der Waals surface area contributed by atoms with E-state index < -0.39 is 0 Å². The van der Waals surface area contributed by atoms with Gasteiger partial charge in [0.15, 0.2) is 0 Å². The Kier molecular flexibility index (Phi) is 3.17. The van der Waals surface area contributed by atoms with Crippen LogP contribution in [0.2, 0.25) is 0 Å². The summed E-state index contributed by atoms with van der Waals surface area (Å²) < 4.78 is 0. The second-order valence-corrected chi connectivity index (χ2v) is 8.74. The van der Waals surface area contributed by atoms with Gasteiger partial charge in [-0.2, -0.15) is 5.10 Å². The van der Waals surface area contributed by atoms with Crippen LogP contribution in [0.1, 0.15) is 53.2 Å². The number of aromatic nitrogens is 2. The second kappa shape index (κ2) is 5.53. The van der Waals surface area contributed by atoms with E-state index in [0.29, 0.717) is 17.4 Å².